The van der Waals surface area contributed by atoms with Gasteiger partial charge in [0.15, 0.2) is 0 Å². The molecule has 1 aromatic rings. The highest BCUT2D eigenvalue weighted by molar-refractivity contribution is 6.29. The number of carbonyl (C=O) groups is 1. The summed E-state index contributed by atoms with van der Waals surface area (Å²) < 4.78 is 0. The molecule has 2 rings (SSSR count). The average molecular weight is 255 g/mol. The van der Waals surface area contributed by atoms with Crippen molar-refractivity contribution in [2.24, 2.45) is 11.7 Å². The molecule has 6 heteroatoms. The fourth-order valence-electron chi connectivity index (χ4n) is 2.10. The standard InChI is InChI=1S/C11H15ClN4O/c12-9-5-10(15-6-14-9)16-11(17)7-2-1-3-8(13)4-7/h5-8H,1-4,13H2,(H,14,15,16,17)/t7-,8+/m0/s1. The fraction of sp³-hybridized carbons (Fsp3) is 0.545. The molecule has 0 aliphatic heterocycles. The molecule has 3 N–H and O–H groups in total. The molecule has 0 spiro atoms. The highest BCUT2D eigenvalue weighted by Crippen LogP contribution is 2.24. The van der Waals surface area contributed by atoms with Crippen molar-refractivity contribution < 1.29 is 4.79 Å². The number of halogens is 1. The summed E-state index contributed by atoms with van der Waals surface area (Å²) in [6.07, 6.45) is 4.96. The lowest BCUT2D eigenvalue weighted by Crippen LogP contribution is -2.34. The molecule has 5 nitrogen and oxygen atoms in total. The highest BCUT2D eigenvalue weighted by Gasteiger charge is 2.25. The van der Waals surface area contributed by atoms with Gasteiger partial charge in [-0.3, -0.25) is 4.79 Å². The van der Waals surface area contributed by atoms with E-state index in [0.717, 1.165) is 25.7 Å². The Bertz CT molecular complexity index is 412. The number of aromatic nitrogens is 2. The second-order valence-electron chi connectivity index (χ2n) is 4.34. The molecule has 0 saturated heterocycles. The monoisotopic (exact) mass is 254 g/mol. The third kappa shape index (κ3) is 3.38. The molecular weight excluding hydrogens is 240 g/mol. The summed E-state index contributed by atoms with van der Waals surface area (Å²) in [4.78, 5) is 19.6. The van der Waals surface area contributed by atoms with E-state index in [2.05, 4.69) is 15.3 Å². The molecule has 17 heavy (non-hydrogen) atoms. The van der Waals surface area contributed by atoms with Crippen LogP contribution in [-0.4, -0.2) is 21.9 Å². The molecule has 1 aliphatic rings. The Morgan fingerprint density at radius 2 is 2.29 bits per heavy atom. The van der Waals surface area contributed by atoms with E-state index < -0.39 is 0 Å². The number of rotatable bonds is 2. The summed E-state index contributed by atoms with van der Waals surface area (Å²) in [7, 11) is 0. The summed E-state index contributed by atoms with van der Waals surface area (Å²) in [5, 5.41) is 3.06. The summed E-state index contributed by atoms with van der Waals surface area (Å²) in [6, 6.07) is 1.66. The van der Waals surface area contributed by atoms with Gasteiger partial charge in [0.05, 0.1) is 0 Å². The maximum atomic E-state index is 12.0. The van der Waals surface area contributed by atoms with Gasteiger partial charge in [-0.1, -0.05) is 18.0 Å². The predicted molar refractivity (Wildman–Crippen MR) is 65.6 cm³/mol. The molecule has 1 amide bonds. The minimum atomic E-state index is -0.0325. The van der Waals surface area contributed by atoms with Gasteiger partial charge in [-0.05, 0) is 19.3 Å². The maximum absolute atomic E-state index is 12.0. The van der Waals surface area contributed by atoms with Crippen LogP contribution in [0.4, 0.5) is 5.82 Å². The second kappa shape index (κ2) is 5.42. The first-order chi connectivity index (χ1) is 8.15. The Morgan fingerprint density at radius 1 is 1.47 bits per heavy atom. The molecule has 0 unspecified atom stereocenters. The second-order valence-corrected chi connectivity index (χ2v) is 4.73. The van der Waals surface area contributed by atoms with Gasteiger partial charge in [0.25, 0.3) is 0 Å². The fourth-order valence-corrected chi connectivity index (χ4v) is 2.24. The van der Waals surface area contributed by atoms with Gasteiger partial charge in [0.2, 0.25) is 5.91 Å². The van der Waals surface area contributed by atoms with Gasteiger partial charge < -0.3 is 11.1 Å². The normalized spacial score (nSPS) is 24.4. The molecule has 1 aromatic heterocycles. The zero-order valence-electron chi connectivity index (χ0n) is 9.40. The SMILES string of the molecule is N[C@@H]1CCC[C@H](C(=O)Nc2cc(Cl)ncn2)C1. The topological polar surface area (TPSA) is 80.9 Å². The number of anilines is 1. The molecule has 92 valence electrons. The van der Waals surface area contributed by atoms with E-state index in [1.165, 1.54) is 12.4 Å². The summed E-state index contributed by atoms with van der Waals surface area (Å²) in [5.41, 5.74) is 5.85. The first kappa shape index (κ1) is 12.3. The minimum Gasteiger partial charge on any atom is -0.328 e. The number of carbonyl (C=O) groups excluding carboxylic acids is 1. The first-order valence-corrected chi connectivity index (χ1v) is 6.07. The van der Waals surface area contributed by atoms with Crippen LogP contribution in [0.3, 0.4) is 0 Å². The lowest BCUT2D eigenvalue weighted by atomic mass is 9.85. The van der Waals surface area contributed by atoms with Crippen LogP contribution < -0.4 is 11.1 Å². The number of nitrogens with one attached hydrogen (secondary N) is 1. The number of nitrogens with two attached hydrogens (primary N) is 1. The van der Waals surface area contributed by atoms with Crippen LogP contribution in [0.2, 0.25) is 5.15 Å². The van der Waals surface area contributed by atoms with E-state index in [-0.39, 0.29) is 17.9 Å². The van der Waals surface area contributed by atoms with Crippen molar-refractivity contribution in [1.82, 2.24) is 9.97 Å². The van der Waals surface area contributed by atoms with E-state index in [4.69, 9.17) is 17.3 Å². The molecule has 1 aliphatic carbocycles. The number of hydrogen-bond acceptors (Lipinski definition) is 4. The van der Waals surface area contributed by atoms with Crippen molar-refractivity contribution in [3.8, 4) is 0 Å². The van der Waals surface area contributed by atoms with Gasteiger partial charge in [0, 0.05) is 18.0 Å². The Labute approximate surface area is 105 Å². The van der Waals surface area contributed by atoms with E-state index >= 15 is 0 Å². The van der Waals surface area contributed by atoms with Crippen LogP contribution in [0.15, 0.2) is 12.4 Å². The van der Waals surface area contributed by atoms with Crippen molar-refractivity contribution in [2.45, 2.75) is 31.7 Å². The van der Waals surface area contributed by atoms with Crippen LogP contribution >= 0.6 is 11.6 Å². The summed E-state index contributed by atoms with van der Waals surface area (Å²) in [6.45, 7) is 0. The zero-order chi connectivity index (χ0) is 12.3. The highest BCUT2D eigenvalue weighted by atomic mass is 35.5. The van der Waals surface area contributed by atoms with Crippen molar-refractivity contribution in [2.75, 3.05) is 5.32 Å². The average Bonchev–Trinajstić information content (AvgIpc) is 2.29. The van der Waals surface area contributed by atoms with Crippen LogP contribution in [-0.2, 0) is 4.79 Å². The van der Waals surface area contributed by atoms with Crippen molar-refractivity contribution in [1.29, 1.82) is 0 Å². The molecule has 0 bridgehead atoms. The summed E-state index contributed by atoms with van der Waals surface area (Å²) in [5.74, 6) is 0.386. The van der Waals surface area contributed by atoms with Crippen LogP contribution in [0, 0.1) is 5.92 Å². The Balaban J connectivity index is 1.96. The van der Waals surface area contributed by atoms with E-state index in [0.29, 0.717) is 11.0 Å². The molecular formula is C11H15ClN4O. The third-order valence-corrected chi connectivity index (χ3v) is 3.18. The van der Waals surface area contributed by atoms with Crippen molar-refractivity contribution >= 4 is 23.3 Å². The van der Waals surface area contributed by atoms with Gasteiger partial charge >= 0.3 is 0 Å². The summed E-state index contributed by atoms with van der Waals surface area (Å²) >= 11 is 5.71. The van der Waals surface area contributed by atoms with Crippen LogP contribution in [0.25, 0.3) is 0 Å². The van der Waals surface area contributed by atoms with Crippen molar-refractivity contribution in [3.05, 3.63) is 17.5 Å². The maximum Gasteiger partial charge on any atom is 0.228 e. The predicted octanol–water partition coefficient (Wildman–Crippen LogP) is 1.59. The first-order valence-electron chi connectivity index (χ1n) is 5.69. The Morgan fingerprint density at radius 3 is 3.00 bits per heavy atom. The number of amides is 1. The Hall–Kier alpha value is -1.20. The molecule has 1 heterocycles. The lowest BCUT2D eigenvalue weighted by Gasteiger charge is -2.25. The lowest BCUT2D eigenvalue weighted by molar-refractivity contribution is -0.120. The smallest absolute Gasteiger partial charge is 0.228 e. The molecule has 0 aromatic carbocycles. The van der Waals surface area contributed by atoms with E-state index in [1.54, 1.807) is 0 Å². The molecule has 0 radical (unpaired) electrons. The van der Waals surface area contributed by atoms with E-state index in [9.17, 15) is 4.79 Å². The largest absolute Gasteiger partial charge is 0.328 e. The number of hydrogen-bond donors (Lipinski definition) is 2. The van der Waals surface area contributed by atoms with Gasteiger partial charge in [-0.2, -0.15) is 0 Å². The van der Waals surface area contributed by atoms with Gasteiger partial charge in [-0.25, -0.2) is 9.97 Å². The van der Waals surface area contributed by atoms with Gasteiger partial charge in [-0.15, -0.1) is 0 Å². The molecule has 1 fully saturated rings. The van der Waals surface area contributed by atoms with Crippen LogP contribution in [0.5, 0.6) is 0 Å². The zero-order valence-corrected chi connectivity index (χ0v) is 10.2. The van der Waals surface area contributed by atoms with Crippen molar-refractivity contribution in [3.63, 3.8) is 0 Å². The molecule has 2 atom stereocenters. The van der Waals surface area contributed by atoms with Crippen LogP contribution in [0.1, 0.15) is 25.7 Å². The Kier molecular flexibility index (Phi) is 3.91. The van der Waals surface area contributed by atoms with E-state index in [1.807, 2.05) is 0 Å². The quantitative estimate of drug-likeness (QED) is 0.786. The minimum absolute atomic E-state index is 0.0208. The third-order valence-electron chi connectivity index (χ3n) is 2.97. The van der Waals surface area contributed by atoms with Gasteiger partial charge in [0.1, 0.15) is 17.3 Å². The number of nitrogens with zero attached hydrogens (tertiary/aromatic N) is 2. The molecule has 1 saturated carbocycles.